The van der Waals surface area contributed by atoms with Crippen molar-refractivity contribution in [2.24, 2.45) is 0 Å². The molecule has 0 amide bonds. The normalized spacial score (nSPS) is 10.3. The lowest BCUT2D eigenvalue weighted by Crippen LogP contribution is -2.15. The Morgan fingerprint density at radius 1 is 1.62 bits per heavy atom. The lowest BCUT2D eigenvalue weighted by molar-refractivity contribution is 0.0663. The van der Waals surface area contributed by atoms with Gasteiger partial charge in [-0.1, -0.05) is 0 Å². The zero-order chi connectivity index (χ0) is 11.5. The van der Waals surface area contributed by atoms with Gasteiger partial charge in [0, 0.05) is 18.5 Å². The predicted octanol–water partition coefficient (Wildman–Crippen LogP) is 2.07. The fourth-order valence-electron chi connectivity index (χ4n) is 1.28. The van der Waals surface area contributed by atoms with Gasteiger partial charge in [0.2, 0.25) is 5.76 Å². The standard InChI is InChI=1S/C10H10N2O3S/c1-12(4-7-5-16-6-11-7)9-3-2-8(15-9)10(13)14/h2-3,5-6H,4H2,1H3,(H,13,14). The number of furan rings is 1. The summed E-state index contributed by atoms with van der Waals surface area (Å²) >= 11 is 1.52. The molecule has 0 aliphatic rings. The first kappa shape index (κ1) is 10.7. The highest BCUT2D eigenvalue weighted by atomic mass is 32.1. The van der Waals surface area contributed by atoms with Crippen LogP contribution in [0.1, 0.15) is 16.2 Å². The van der Waals surface area contributed by atoms with Crippen LogP contribution in [0, 0.1) is 0 Å². The Hall–Kier alpha value is -1.82. The summed E-state index contributed by atoms with van der Waals surface area (Å²) in [6.07, 6.45) is 0. The lowest BCUT2D eigenvalue weighted by Gasteiger charge is -2.13. The van der Waals surface area contributed by atoms with Crippen molar-refractivity contribution in [1.29, 1.82) is 0 Å². The van der Waals surface area contributed by atoms with Crippen LogP contribution in [0.3, 0.4) is 0 Å². The van der Waals surface area contributed by atoms with Crippen molar-refractivity contribution in [2.75, 3.05) is 11.9 Å². The summed E-state index contributed by atoms with van der Waals surface area (Å²) in [6, 6.07) is 3.07. The Bertz CT molecular complexity index is 478. The molecule has 2 aromatic rings. The number of aromatic carboxylic acids is 1. The van der Waals surface area contributed by atoms with Crippen LogP contribution in [-0.4, -0.2) is 23.1 Å². The minimum Gasteiger partial charge on any atom is -0.475 e. The van der Waals surface area contributed by atoms with E-state index in [9.17, 15) is 4.79 Å². The summed E-state index contributed by atoms with van der Waals surface area (Å²) in [7, 11) is 1.82. The number of aromatic nitrogens is 1. The molecule has 2 rings (SSSR count). The molecule has 0 aliphatic carbocycles. The number of carboxylic acid groups (broad SMARTS) is 1. The molecule has 0 saturated carbocycles. The van der Waals surface area contributed by atoms with Gasteiger partial charge in [0.05, 0.1) is 17.7 Å². The third-order valence-corrected chi connectivity index (χ3v) is 2.70. The SMILES string of the molecule is CN(Cc1cscn1)c1ccc(C(=O)O)o1. The number of carboxylic acids is 1. The van der Waals surface area contributed by atoms with Crippen LogP contribution in [0.4, 0.5) is 5.88 Å². The summed E-state index contributed by atoms with van der Waals surface area (Å²) in [5.74, 6) is -0.598. The Morgan fingerprint density at radius 3 is 3.00 bits per heavy atom. The monoisotopic (exact) mass is 238 g/mol. The van der Waals surface area contributed by atoms with E-state index in [0.717, 1.165) is 5.69 Å². The van der Waals surface area contributed by atoms with Gasteiger partial charge in [-0.3, -0.25) is 0 Å². The van der Waals surface area contributed by atoms with E-state index >= 15 is 0 Å². The Balaban J connectivity index is 2.08. The molecule has 0 fully saturated rings. The highest BCUT2D eigenvalue weighted by molar-refractivity contribution is 7.07. The van der Waals surface area contributed by atoms with Crippen LogP contribution in [0.25, 0.3) is 0 Å². The molecule has 0 bridgehead atoms. The van der Waals surface area contributed by atoms with E-state index in [1.807, 2.05) is 17.3 Å². The number of thiazole rings is 1. The molecule has 0 unspecified atom stereocenters. The second-order valence-electron chi connectivity index (χ2n) is 3.28. The molecule has 5 nitrogen and oxygen atoms in total. The number of carbonyl (C=O) groups is 1. The molecule has 0 aliphatic heterocycles. The van der Waals surface area contributed by atoms with Gasteiger partial charge in [-0.05, 0) is 6.07 Å². The first-order valence-electron chi connectivity index (χ1n) is 4.58. The van der Waals surface area contributed by atoms with Crippen molar-refractivity contribution in [2.45, 2.75) is 6.54 Å². The van der Waals surface area contributed by atoms with E-state index in [0.29, 0.717) is 12.4 Å². The summed E-state index contributed by atoms with van der Waals surface area (Å²) in [5.41, 5.74) is 2.69. The Labute approximate surface area is 96.0 Å². The van der Waals surface area contributed by atoms with Crippen LogP contribution >= 0.6 is 11.3 Å². The van der Waals surface area contributed by atoms with Crippen molar-refractivity contribution < 1.29 is 14.3 Å². The van der Waals surface area contributed by atoms with Gasteiger partial charge in [0.15, 0.2) is 5.88 Å². The highest BCUT2D eigenvalue weighted by Gasteiger charge is 2.12. The quantitative estimate of drug-likeness (QED) is 0.883. The Kier molecular flexibility index (Phi) is 2.91. The zero-order valence-corrected chi connectivity index (χ0v) is 9.40. The molecule has 0 atom stereocenters. The number of hydrogen-bond donors (Lipinski definition) is 1. The molecule has 0 spiro atoms. The van der Waals surface area contributed by atoms with Crippen molar-refractivity contribution in [1.82, 2.24) is 4.98 Å². The van der Waals surface area contributed by atoms with E-state index in [-0.39, 0.29) is 5.76 Å². The molecular weight excluding hydrogens is 228 g/mol. The van der Waals surface area contributed by atoms with Crippen LogP contribution < -0.4 is 4.90 Å². The van der Waals surface area contributed by atoms with Gasteiger partial charge in [0.1, 0.15) is 0 Å². The molecule has 0 aromatic carbocycles. The van der Waals surface area contributed by atoms with Gasteiger partial charge in [-0.2, -0.15) is 0 Å². The van der Waals surface area contributed by atoms with Gasteiger partial charge >= 0.3 is 5.97 Å². The van der Waals surface area contributed by atoms with Gasteiger partial charge in [-0.25, -0.2) is 9.78 Å². The van der Waals surface area contributed by atoms with E-state index in [1.165, 1.54) is 17.4 Å². The average molecular weight is 238 g/mol. The van der Waals surface area contributed by atoms with Gasteiger partial charge < -0.3 is 14.4 Å². The van der Waals surface area contributed by atoms with Crippen molar-refractivity contribution >= 4 is 23.2 Å². The maximum absolute atomic E-state index is 10.6. The summed E-state index contributed by atoms with van der Waals surface area (Å²) < 4.78 is 5.16. The summed E-state index contributed by atoms with van der Waals surface area (Å²) in [4.78, 5) is 16.6. The summed E-state index contributed by atoms with van der Waals surface area (Å²) in [6.45, 7) is 0.593. The van der Waals surface area contributed by atoms with Gasteiger partial charge in [-0.15, -0.1) is 11.3 Å². The largest absolute Gasteiger partial charge is 0.475 e. The molecule has 0 saturated heterocycles. The molecule has 1 N–H and O–H groups in total. The first-order valence-corrected chi connectivity index (χ1v) is 5.52. The smallest absolute Gasteiger partial charge is 0.371 e. The molecule has 6 heteroatoms. The molecule has 2 aromatic heterocycles. The third kappa shape index (κ3) is 2.22. The first-order chi connectivity index (χ1) is 7.66. The minimum absolute atomic E-state index is 0.0554. The molecular formula is C10H10N2O3S. The van der Waals surface area contributed by atoms with Crippen LogP contribution in [0.2, 0.25) is 0 Å². The van der Waals surface area contributed by atoms with Crippen LogP contribution in [0.15, 0.2) is 27.4 Å². The van der Waals surface area contributed by atoms with E-state index in [1.54, 1.807) is 11.6 Å². The highest BCUT2D eigenvalue weighted by Crippen LogP contribution is 2.19. The number of rotatable bonds is 4. The molecule has 2 heterocycles. The van der Waals surface area contributed by atoms with E-state index < -0.39 is 5.97 Å². The second kappa shape index (κ2) is 4.36. The van der Waals surface area contributed by atoms with E-state index in [4.69, 9.17) is 9.52 Å². The molecule has 84 valence electrons. The maximum atomic E-state index is 10.6. The molecule has 16 heavy (non-hydrogen) atoms. The van der Waals surface area contributed by atoms with Gasteiger partial charge in [0.25, 0.3) is 0 Å². The van der Waals surface area contributed by atoms with Crippen molar-refractivity contribution in [3.63, 3.8) is 0 Å². The number of hydrogen-bond acceptors (Lipinski definition) is 5. The maximum Gasteiger partial charge on any atom is 0.371 e. The lowest BCUT2D eigenvalue weighted by atomic mass is 10.4. The fraction of sp³-hybridized carbons (Fsp3) is 0.200. The predicted molar refractivity (Wildman–Crippen MR) is 59.9 cm³/mol. The fourth-order valence-corrected chi connectivity index (χ4v) is 1.83. The van der Waals surface area contributed by atoms with Crippen molar-refractivity contribution in [3.05, 3.63) is 34.5 Å². The summed E-state index contributed by atoms with van der Waals surface area (Å²) in [5, 5.41) is 10.7. The third-order valence-electron chi connectivity index (χ3n) is 2.06. The second-order valence-corrected chi connectivity index (χ2v) is 4.00. The van der Waals surface area contributed by atoms with Crippen LogP contribution in [-0.2, 0) is 6.54 Å². The zero-order valence-electron chi connectivity index (χ0n) is 8.58. The minimum atomic E-state index is -1.06. The topological polar surface area (TPSA) is 66.6 Å². The average Bonchev–Trinajstić information content (AvgIpc) is 2.86. The number of anilines is 1. The number of nitrogens with zero attached hydrogens (tertiary/aromatic N) is 2. The van der Waals surface area contributed by atoms with E-state index in [2.05, 4.69) is 4.98 Å². The van der Waals surface area contributed by atoms with Crippen molar-refractivity contribution in [3.8, 4) is 0 Å². The van der Waals surface area contributed by atoms with Crippen LogP contribution in [0.5, 0.6) is 0 Å². The molecule has 0 radical (unpaired) electrons. The Morgan fingerprint density at radius 2 is 2.44 bits per heavy atom.